The molecule has 7 heteroatoms. The molecule has 0 saturated heterocycles. The topological polar surface area (TPSA) is 69.7 Å². The van der Waals surface area contributed by atoms with Crippen LogP contribution in [0.4, 0.5) is 0 Å². The van der Waals surface area contributed by atoms with E-state index in [1.54, 1.807) is 23.9 Å². The standard InChI is InChI=1S/C26H25N3O4/c1-28-26(33-21-14-12-20(31-2)13-15-21)22(24(27-28)18-7-4-3-5-8-18)17-29(19-10-11-19)25(30)23-9-6-16-32-23/h3-9,12-16,19H,10-11,17H2,1-2H3. The second kappa shape index (κ2) is 8.86. The minimum Gasteiger partial charge on any atom is -0.497 e. The number of nitrogens with zero attached hydrogens (tertiary/aromatic N) is 3. The molecule has 1 amide bonds. The summed E-state index contributed by atoms with van der Waals surface area (Å²) in [5, 5.41) is 4.77. The van der Waals surface area contributed by atoms with Gasteiger partial charge in [0.25, 0.3) is 5.91 Å². The summed E-state index contributed by atoms with van der Waals surface area (Å²) in [5.41, 5.74) is 2.61. The van der Waals surface area contributed by atoms with Crippen molar-refractivity contribution in [2.45, 2.75) is 25.4 Å². The van der Waals surface area contributed by atoms with E-state index in [9.17, 15) is 4.79 Å². The zero-order chi connectivity index (χ0) is 22.8. The Hall–Kier alpha value is -4.00. The third kappa shape index (κ3) is 4.35. The molecular formula is C26H25N3O4. The molecule has 2 heterocycles. The number of hydrogen-bond acceptors (Lipinski definition) is 5. The Kier molecular flexibility index (Phi) is 5.60. The molecule has 4 aromatic rings. The van der Waals surface area contributed by atoms with Crippen molar-refractivity contribution < 1.29 is 18.7 Å². The van der Waals surface area contributed by atoms with Crippen molar-refractivity contribution in [1.82, 2.24) is 14.7 Å². The molecule has 0 atom stereocenters. The van der Waals surface area contributed by atoms with Gasteiger partial charge in [-0.3, -0.25) is 4.79 Å². The fourth-order valence-electron chi connectivity index (χ4n) is 3.87. The number of carbonyl (C=O) groups is 1. The van der Waals surface area contributed by atoms with Crippen LogP contribution in [0.3, 0.4) is 0 Å². The first-order chi connectivity index (χ1) is 16.1. The monoisotopic (exact) mass is 443 g/mol. The molecule has 33 heavy (non-hydrogen) atoms. The second-order valence-electron chi connectivity index (χ2n) is 8.04. The maximum absolute atomic E-state index is 13.2. The van der Waals surface area contributed by atoms with Crippen molar-refractivity contribution in [3.8, 4) is 28.6 Å². The molecule has 1 aliphatic rings. The zero-order valence-electron chi connectivity index (χ0n) is 18.6. The highest BCUT2D eigenvalue weighted by molar-refractivity contribution is 5.92. The average molecular weight is 444 g/mol. The van der Waals surface area contributed by atoms with Crippen LogP contribution in [-0.4, -0.2) is 33.7 Å². The minimum absolute atomic E-state index is 0.124. The van der Waals surface area contributed by atoms with Gasteiger partial charge in [-0.05, 0) is 49.2 Å². The molecule has 0 unspecified atom stereocenters. The van der Waals surface area contributed by atoms with Crippen LogP contribution in [0, 0.1) is 0 Å². The van der Waals surface area contributed by atoms with Crippen LogP contribution in [0.1, 0.15) is 29.0 Å². The highest BCUT2D eigenvalue weighted by Gasteiger charge is 2.36. The van der Waals surface area contributed by atoms with Gasteiger partial charge < -0.3 is 18.8 Å². The van der Waals surface area contributed by atoms with Crippen molar-refractivity contribution in [3.63, 3.8) is 0 Å². The Morgan fingerprint density at radius 3 is 2.42 bits per heavy atom. The third-order valence-corrected chi connectivity index (χ3v) is 5.72. The third-order valence-electron chi connectivity index (χ3n) is 5.72. The molecule has 0 bridgehead atoms. The Morgan fingerprint density at radius 1 is 1.06 bits per heavy atom. The van der Waals surface area contributed by atoms with Gasteiger partial charge in [0.15, 0.2) is 5.76 Å². The van der Waals surface area contributed by atoms with Crippen molar-refractivity contribution in [1.29, 1.82) is 0 Å². The van der Waals surface area contributed by atoms with Crippen LogP contribution in [0.15, 0.2) is 77.4 Å². The van der Waals surface area contributed by atoms with E-state index in [2.05, 4.69) is 0 Å². The molecule has 1 aliphatic carbocycles. The lowest BCUT2D eigenvalue weighted by Gasteiger charge is -2.22. The number of benzene rings is 2. The van der Waals surface area contributed by atoms with Gasteiger partial charge in [0.2, 0.25) is 5.88 Å². The number of rotatable bonds is 8. The number of methoxy groups -OCH3 is 1. The molecule has 2 aromatic carbocycles. The highest BCUT2D eigenvalue weighted by Crippen LogP contribution is 2.37. The molecule has 1 saturated carbocycles. The molecule has 1 fully saturated rings. The summed E-state index contributed by atoms with van der Waals surface area (Å²) in [6, 6.07) is 21.0. The summed E-state index contributed by atoms with van der Waals surface area (Å²) in [6.07, 6.45) is 3.47. The molecule has 7 nitrogen and oxygen atoms in total. The second-order valence-corrected chi connectivity index (χ2v) is 8.04. The molecule has 168 valence electrons. The Bertz CT molecular complexity index is 1230. The minimum atomic E-state index is -0.124. The first-order valence-corrected chi connectivity index (χ1v) is 10.9. The van der Waals surface area contributed by atoms with Crippen LogP contribution in [0.5, 0.6) is 17.4 Å². The maximum Gasteiger partial charge on any atom is 0.290 e. The summed E-state index contributed by atoms with van der Waals surface area (Å²) in [4.78, 5) is 15.1. The molecule has 0 N–H and O–H groups in total. The fourth-order valence-corrected chi connectivity index (χ4v) is 3.87. The number of amides is 1. The van der Waals surface area contributed by atoms with Gasteiger partial charge in [-0.1, -0.05) is 30.3 Å². The lowest BCUT2D eigenvalue weighted by Crippen LogP contribution is -2.32. The van der Waals surface area contributed by atoms with E-state index in [4.69, 9.17) is 19.0 Å². The quantitative estimate of drug-likeness (QED) is 0.370. The Morgan fingerprint density at radius 2 is 1.79 bits per heavy atom. The van der Waals surface area contributed by atoms with Crippen molar-refractivity contribution in [3.05, 3.63) is 84.3 Å². The molecular weight excluding hydrogens is 418 g/mol. The van der Waals surface area contributed by atoms with Crippen molar-refractivity contribution >= 4 is 5.91 Å². The molecule has 2 aromatic heterocycles. The average Bonchev–Trinajstić information content (AvgIpc) is 3.45. The highest BCUT2D eigenvalue weighted by atomic mass is 16.5. The van der Waals surface area contributed by atoms with Crippen LogP contribution in [-0.2, 0) is 13.6 Å². The van der Waals surface area contributed by atoms with Crippen LogP contribution >= 0.6 is 0 Å². The van der Waals surface area contributed by atoms with Gasteiger partial charge in [-0.15, -0.1) is 0 Å². The predicted molar refractivity (Wildman–Crippen MR) is 123 cm³/mol. The van der Waals surface area contributed by atoms with Gasteiger partial charge in [0, 0.05) is 18.7 Å². The Labute approximate surface area is 192 Å². The van der Waals surface area contributed by atoms with E-state index in [1.165, 1.54) is 6.26 Å². The zero-order valence-corrected chi connectivity index (χ0v) is 18.6. The maximum atomic E-state index is 13.2. The van der Waals surface area contributed by atoms with Gasteiger partial charge in [0.1, 0.15) is 17.2 Å². The largest absolute Gasteiger partial charge is 0.497 e. The summed E-state index contributed by atoms with van der Waals surface area (Å²) < 4.78 is 18.7. The van der Waals surface area contributed by atoms with E-state index in [1.807, 2.05) is 66.5 Å². The summed E-state index contributed by atoms with van der Waals surface area (Å²) in [6.45, 7) is 0.369. The summed E-state index contributed by atoms with van der Waals surface area (Å²) in [7, 11) is 3.48. The van der Waals surface area contributed by atoms with Gasteiger partial charge in [0.05, 0.1) is 25.5 Å². The molecule has 0 radical (unpaired) electrons. The van der Waals surface area contributed by atoms with Crippen LogP contribution < -0.4 is 9.47 Å². The van der Waals surface area contributed by atoms with E-state index in [0.29, 0.717) is 23.9 Å². The van der Waals surface area contributed by atoms with E-state index in [0.717, 1.165) is 35.4 Å². The molecule has 5 rings (SSSR count). The number of ether oxygens (including phenoxy) is 2. The van der Waals surface area contributed by atoms with Gasteiger partial charge in [-0.25, -0.2) is 4.68 Å². The van der Waals surface area contributed by atoms with Gasteiger partial charge >= 0.3 is 0 Å². The number of hydrogen-bond donors (Lipinski definition) is 0. The number of carbonyl (C=O) groups excluding carboxylic acids is 1. The SMILES string of the molecule is COc1ccc(Oc2c(CN(C(=O)c3ccco3)C3CC3)c(-c3ccccc3)nn2C)cc1. The fraction of sp³-hybridized carbons (Fsp3) is 0.231. The Balaban J connectivity index is 1.54. The van der Waals surface area contributed by atoms with E-state index < -0.39 is 0 Å². The van der Waals surface area contributed by atoms with Crippen LogP contribution in [0.2, 0.25) is 0 Å². The van der Waals surface area contributed by atoms with Crippen molar-refractivity contribution in [2.24, 2.45) is 7.05 Å². The summed E-state index contributed by atoms with van der Waals surface area (Å²) >= 11 is 0. The predicted octanol–water partition coefficient (Wildman–Crippen LogP) is 5.29. The van der Waals surface area contributed by atoms with Crippen LogP contribution in [0.25, 0.3) is 11.3 Å². The first kappa shape index (κ1) is 20.9. The molecule has 0 spiro atoms. The van der Waals surface area contributed by atoms with E-state index >= 15 is 0 Å². The smallest absolute Gasteiger partial charge is 0.290 e. The van der Waals surface area contributed by atoms with E-state index in [-0.39, 0.29) is 11.9 Å². The number of aromatic nitrogens is 2. The lowest BCUT2D eigenvalue weighted by atomic mass is 10.1. The van der Waals surface area contributed by atoms with Crippen molar-refractivity contribution in [2.75, 3.05) is 7.11 Å². The normalized spacial score (nSPS) is 13.0. The molecule has 0 aliphatic heterocycles. The number of furan rings is 1. The van der Waals surface area contributed by atoms with Gasteiger partial charge in [-0.2, -0.15) is 5.10 Å². The summed E-state index contributed by atoms with van der Waals surface area (Å²) in [5.74, 6) is 2.22. The number of aryl methyl sites for hydroxylation is 1. The lowest BCUT2D eigenvalue weighted by molar-refractivity contribution is 0.0696. The first-order valence-electron chi connectivity index (χ1n) is 10.9.